The van der Waals surface area contributed by atoms with Crippen molar-refractivity contribution in [2.75, 3.05) is 17.3 Å². The zero-order valence-corrected chi connectivity index (χ0v) is 13.9. The first-order valence-corrected chi connectivity index (χ1v) is 8.53. The maximum Gasteiger partial charge on any atom is 0.313 e. The summed E-state index contributed by atoms with van der Waals surface area (Å²) in [4.78, 5) is 32.3. The molecule has 0 saturated carbocycles. The van der Waals surface area contributed by atoms with Crippen molar-refractivity contribution in [3.05, 3.63) is 0 Å². The molecule has 6 nitrogen and oxygen atoms in total. The van der Waals surface area contributed by atoms with Crippen LogP contribution in [0.1, 0.15) is 20.8 Å². The summed E-state index contributed by atoms with van der Waals surface area (Å²) >= 11 is 3.20. The zero-order chi connectivity index (χ0) is 16.0. The molecule has 0 aromatic rings. The Bertz CT molecular complexity index is 331. The summed E-state index contributed by atoms with van der Waals surface area (Å²) in [5.41, 5.74) is -0.479. The van der Waals surface area contributed by atoms with Crippen molar-refractivity contribution in [2.24, 2.45) is 5.41 Å². The molecule has 0 aromatic heterocycles. The van der Waals surface area contributed by atoms with Crippen LogP contribution in [-0.4, -0.2) is 53.9 Å². The average Bonchev–Trinajstić information content (AvgIpc) is 2.25. The second kappa shape index (κ2) is 8.04. The molecule has 0 heterocycles. The van der Waals surface area contributed by atoms with Crippen LogP contribution < -0.4 is 0 Å². The van der Waals surface area contributed by atoms with E-state index in [-0.39, 0.29) is 17.3 Å². The summed E-state index contributed by atoms with van der Waals surface area (Å²) in [6.07, 6.45) is 0. The Balaban J connectivity index is 5.21. The second-order valence-electron chi connectivity index (χ2n) is 4.85. The number of thioether (sulfide) groups is 3. The number of carboxylic acid groups (broad SMARTS) is 3. The minimum absolute atomic E-state index is 0.212. The van der Waals surface area contributed by atoms with Crippen molar-refractivity contribution in [1.29, 1.82) is 0 Å². The summed E-state index contributed by atoms with van der Waals surface area (Å²) in [6.45, 7) is 5.52. The van der Waals surface area contributed by atoms with Gasteiger partial charge in [-0.05, 0) is 5.41 Å². The lowest BCUT2D eigenvalue weighted by Gasteiger charge is -2.42. The van der Waals surface area contributed by atoms with Crippen molar-refractivity contribution in [2.45, 2.75) is 24.2 Å². The minimum Gasteiger partial charge on any atom is -0.481 e. The number of carboxylic acids is 3. The van der Waals surface area contributed by atoms with Gasteiger partial charge in [0.2, 0.25) is 0 Å². The maximum atomic E-state index is 10.8. The first kappa shape index (κ1) is 19.5. The molecular weight excluding hydrogens is 324 g/mol. The van der Waals surface area contributed by atoms with Gasteiger partial charge in [0.25, 0.3) is 0 Å². The van der Waals surface area contributed by atoms with Crippen molar-refractivity contribution in [1.82, 2.24) is 0 Å². The molecular formula is C11H18O6S3. The number of carbonyl (C=O) groups is 3. The molecule has 0 saturated heterocycles. The quantitative estimate of drug-likeness (QED) is 0.542. The van der Waals surface area contributed by atoms with Crippen LogP contribution in [0.25, 0.3) is 0 Å². The lowest BCUT2D eigenvalue weighted by Crippen LogP contribution is -2.36. The highest BCUT2D eigenvalue weighted by Gasteiger charge is 2.45. The molecule has 116 valence electrons. The van der Waals surface area contributed by atoms with E-state index in [4.69, 9.17) is 15.3 Å². The molecule has 0 radical (unpaired) electrons. The van der Waals surface area contributed by atoms with Crippen molar-refractivity contribution in [3.8, 4) is 0 Å². The van der Waals surface area contributed by atoms with Gasteiger partial charge in [0.1, 0.15) is 3.41 Å². The van der Waals surface area contributed by atoms with Crippen molar-refractivity contribution in [3.63, 3.8) is 0 Å². The highest BCUT2D eigenvalue weighted by atomic mass is 32.3. The fraction of sp³-hybridized carbons (Fsp3) is 0.727. The van der Waals surface area contributed by atoms with Gasteiger partial charge in [-0.1, -0.05) is 20.8 Å². The first-order chi connectivity index (χ1) is 9.00. The molecule has 0 spiro atoms. The molecule has 0 bridgehead atoms. The fourth-order valence-corrected chi connectivity index (χ4v) is 5.54. The zero-order valence-electron chi connectivity index (χ0n) is 11.4. The van der Waals surface area contributed by atoms with Crippen LogP contribution in [0.4, 0.5) is 0 Å². The molecule has 0 aliphatic carbocycles. The molecule has 0 unspecified atom stereocenters. The molecule has 0 amide bonds. The lowest BCUT2D eigenvalue weighted by molar-refractivity contribution is -0.134. The molecule has 0 aliphatic heterocycles. The molecule has 20 heavy (non-hydrogen) atoms. The van der Waals surface area contributed by atoms with Crippen LogP contribution >= 0.6 is 35.3 Å². The van der Waals surface area contributed by atoms with Gasteiger partial charge < -0.3 is 15.3 Å². The third-order valence-electron chi connectivity index (χ3n) is 2.08. The van der Waals surface area contributed by atoms with Gasteiger partial charge in [0, 0.05) is 0 Å². The van der Waals surface area contributed by atoms with Crippen LogP contribution in [-0.2, 0) is 14.4 Å². The summed E-state index contributed by atoms with van der Waals surface area (Å²) in [7, 11) is 0. The van der Waals surface area contributed by atoms with Crippen LogP contribution in [0.2, 0.25) is 0 Å². The largest absolute Gasteiger partial charge is 0.481 e. The van der Waals surface area contributed by atoms with Gasteiger partial charge in [-0.15, -0.1) is 35.3 Å². The normalized spacial score (nSPS) is 12.2. The summed E-state index contributed by atoms with van der Waals surface area (Å²) < 4.78 is -0.859. The number of hydrogen-bond acceptors (Lipinski definition) is 6. The van der Waals surface area contributed by atoms with Crippen LogP contribution in [0.3, 0.4) is 0 Å². The summed E-state index contributed by atoms with van der Waals surface area (Å²) in [5, 5.41) is 26.5. The summed E-state index contributed by atoms with van der Waals surface area (Å²) in [5.74, 6) is -3.69. The molecule has 0 fully saturated rings. The molecule has 9 heteroatoms. The van der Waals surface area contributed by atoms with E-state index in [1.807, 2.05) is 20.8 Å². The van der Waals surface area contributed by atoms with E-state index in [9.17, 15) is 14.4 Å². The summed E-state index contributed by atoms with van der Waals surface area (Å²) in [6, 6.07) is 0. The Labute approximate surface area is 130 Å². The molecule has 0 atom stereocenters. The molecule has 0 rings (SSSR count). The van der Waals surface area contributed by atoms with Crippen LogP contribution in [0.5, 0.6) is 0 Å². The maximum absolute atomic E-state index is 10.8. The number of aliphatic carboxylic acids is 3. The van der Waals surface area contributed by atoms with Gasteiger partial charge in [-0.2, -0.15) is 0 Å². The van der Waals surface area contributed by atoms with Gasteiger partial charge in [0.15, 0.2) is 0 Å². The average molecular weight is 342 g/mol. The Morgan fingerprint density at radius 2 is 1.00 bits per heavy atom. The Hall–Kier alpha value is -0.540. The van der Waals surface area contributed by atoms with E-state index in [2.05, 4.69) is 0 Å². The molecule has 0 aliphatic rings. The van der Waals surface area contributed by atoms with Gasteiger partial charge >= 0.3 is 17.9 Å². The molecule has 3 N–H and O–H groups in total. The van der Waals surface area contributed by atoms with Gasteiger partial charge in [-0.25, -0.2) is 0 Å². The van der Waals surface area contributed by atoms with Crippen LogP contribution in [0.15, 0.2) is 0 Å². The Morgan fingerprint density at radius 1 is 0.750 bits per heavy atom. The number of hydrogen-bond donors (Lipinski definition) is 3. The second-order valence-corrected chi connectivity index (χ2v) is 9.20. The van der Waals surface area contributed by atoms with Crippen molar-refractivity contribution >= 4 is 53.2 Å². The van der Waals surface area contributed by atoms with E-state index in [0.717, 1.165) is 35.3 Å². The van der Waals surface area contributed by atoms with E-state index in [1.54, 1.807) is 0 Å². The number of rotatable bonds is 9. The Kier molecular flexibility index (Phi) is 7.82. The predicted molar refractivity (Wildman–Crippen MR) is 82.5 cm³/mol. The van der Waals surface area contributed by atoms with E-state index in [1.165, 1.54) is 0 Å². The topological polar surface area (TPSA) is 112 Å². The van der Waals surface area contributed by atoms with E-state index in [0.29, 0.717) is 0 Å². The van der Waals surface area contributed by atoms with Gasteiger partial charge in [0.05, 0.1) is 17.3 Å². The standard InChI is InChI=1S/C11H18O6S3/c1-10(2,3)11(18-4-7(12)13,19-5-8(14)15)20-6-9(16)17/h4-6H2,1-3H3,(H,12,13)(H,14,15)(H,16,17). The van der Waals surface area contributed by atoms with E-state index < -0.39 is 26.7 Å². The highest BCUT2D eigenvalue weighted by Crippen LogP contribution is 2.57. The first-order valence-electron chi connectivity index (χ1n) is 5.57. The lowest BCUT2D eigenvalue weighted by atomic mass is 9.99. The SMILES string of the molecule is CC(C)(C)C(SCC(=O)O)(SCC(=O)O)SCC(=O)O. The third kappa shape index (κ3) is 6.76. The third-order valence-corrected chi connectivity index (χ3v) is 8.35. The minimum atomic E-state index is -1.02. The smallest absolute Gasteiger partial charge is 0.313 e. The van der Waals surface area contributed by atoms with Gasteiger partial charge in [-0.3, -0.25) is 14.4 Å². The van der Waals surface area contributed by atoms with Crippen LogP contribution in [0, 0.1) is 5.41 Å². The fourth-order valence-electron chi connectivity index (χ4n) is 1.24. The monoisotopic (exact) mass is 342 g/mol. The van der Waals surface area contributed by atoms with Crippen molar-refractivity contribution < 1.29 is 29.7 Å². The van der Waals surface area contributed by atoms with E-state index >= 15 is 0 Å². The Morgan fingerprint density at radius 3 is 1.15 bits per heavy atom. The highest BCUT2D eigenvalue weighted by molar-refractivity contribution is 8.34. The molecule has 0 aromatic carbocycles. The predicted octanol–water partition coefficient (Wildman–Crippen LogP) is 2.14.